The fourth-order valence-corrected chi connectivity index (χ4v) is 0.921. The lowest BCUT2D eigenvalue weighted by Gasteiger charge is -2.08. The summed E-state index contributed by atoms with van der Waals surface area (Å²) >= 11 is 0. The number of amides is 1. The van der Waals surface area contributed by atoms with E-state index in [0.29, 0.717) is 6.42 Å². The molecule has 0 rings (SSSR count). The highest BCUT2D eigenvalue weighted by atomic mass is 16.1. The monoisotopic (exact) mass is 170 g/mol. The summed E-state index contributed by atoms with van der Waals surface area (Å²) in [5.41, 5.74) is 0.952. The summed E-state index contributed by atoms with van der Waals surface area (Å²) < 4.78 is 0. The third-order valence-electron chi connectivity index (χ3n) is 1.54. The van der Waals surface area contributed by atoms with Crippen molar-refractivity contribution < 1.29 is 4.79 Å². The van der Waals surface area contributed by atoms with Crippen LogP contribution in [-0.4, -0.2) is 24.7 Å². The molecule has 12 heavy (non-hydrogen) atoms. The minimum absolute atomic E-state index is 0.0625. The molecule has 3 heteroatoms. The quantitative estimate of drug-likeness (QED) is 0.636. The molecule has 0 spiro atoms. The molecule has 0 saturated carbocycles. The van der Waals surface area contributed by atoms with Crippen LogP contribution in [0.3, 0.4) is 0 Å². The third kappa shape index (κ3) is 4.88. The average molecular weight is 170 g/mol. The molecule has 3 nitrogen and oxygen atoms in total. The molecule has 0 aliphatic carbocycles. The molecule has 0 aromatic carbocycles. The van der Waals surface area contributed by atoms with Gasteiger partial charge in [-0.05, 0) is 20.3 Å². The van der Waals surface area contributed by atoms with Crippen LogP contribution in [0.4, 0.5) is 0 Å². The molecule has 0 bridgehead atoms. The largest absolute Gasteiger partial charge is 0.354 e. The molecule has 1 N–H and O–H groups in total. The van der Waals surface area contributed by atoms with E-state index in [1.165, 1.54) is 0 Å². The Labute approximate surface area is 74.3 Å². The van der Waals surface area contributed by atoms with Crippen LogP contribution in [0.5, 0.6) is 0 Å². The van der Waals surface area contributed by atoms with Gasteiger partial charge in [-0.2, -0.15) is 0 Å². The van der Waals surface area contributed by atoms with Gasteiger partial charge in [0.05, 0.1) is 6.42 Å². The van der Waals surface area contributed by atoms with Gasteiger partial charge in [0.2, 0.25) is 5.91 Å². The predicted molar refractivity (Wildman–Crippen MR) is 51.5 cm³/mol. The minimum Gasteiger partial charge on any atom is -0.354 e. The predicted octanol–water partition coefficient (Wildman–Crippen LogP) is 1.38. The maximum absolute atomic E-state index is 11.2. The zero-order chi connectivity index (χ0) is 9.56. The highest BCUT2D eigenvalue weighted by molar-refractivity contribution is 6.00. The van der Waals surface area contributed by atoms with Crippen LogP contribution in [0.25, 0.3) is 0 Å². The van der Waals surface area contributed by atoms with Gasteiger partial charge in [-0.25, -0.2) is 0 Å². The second-order valence-corrected chi connectivity index (χ2v) is 3.04. The normalized spacial score (nSPS) is 11.9. The smallest absolute Gasteiger partial charge is 0.225 e. The van der Waals surface area contributed by atoms with Gasteiger partial charge in [-0.1, -0.05) is 6.92 Å². The van der Waals surface area contributed by atoms with Gasteiger partial charge < -0.3 is 5.32 Å². The first kappa shape index (κ1) is 11.1. The zero-order valence-corrected chi connectivity index (χ0v) is 8.35. The Morgan fingerprint density at radius 3 is 2.42 bits per heavy atom. The molecule has 0 saturated heterocycles. The Balaban J connectivity index is 3.83. The standard InChI is InChI=1S/C9H18N2O/c1-5-8(10-4)6-9(12)11-7(2)3/h7H,5-6H2,1-4H3,(H,11,12). The molecule has 70 valence electrons. The lowest BCUT2D eigenvalue weighted by molar-refractivity contribution is -0.120. The fourth-order valence-electron chi connectivity index (χ4n) is 0.921. The van der Waals surface area contributed by atoms with Crippen molar-refractivity contribution in [3.05, 3.63) is 0 Å². The van der Waals surface area contributed by atoms with E-state index in [4.69, 9.17) is 0 Å². The highest BCUT2D eigenvalue weighted by Gasteiger charge is 2.05. The molecular weight excluding hydrogens is 152 g/mol. The Morgan fingerprint density at radius 2 is 2.08 bits per heavy atom. The lowest BCUT2D eigenvalue weighted by Crippen LogP contribution is -2.31. The first-order valence-corrected chi connectivity index (χ1v) is 4.34. The fraction of sp³-hybridized carbons (Fsp3) is 0.778. The molecule has 0 heterocycles. The van der Waals surface area contributed by atoms with E-state index in [0.717, 1.165) is 12.1 Å². The van der Waals surface area contributed by atoms with Gasteiger partial charge in [0, 0.05) is 18.8 Å². The van der Waals surface area contributed by atoms with Crippen LogP contribution >= 0.6 is 0 Å². The van der Waals surface area contributed by atoms with E-state index >= 15 is 0 Å². The summed E-state index contributed by atoms with van der Waals surface area (Å²) in [6.07, 6.45) is 1.28. The van der Waals surface area contributed by atoms with Crippen LogP contribution in [0.1, 0.15) is 33.6 Å². The highest BCUT2D eigenvalue weighted by Crippen LogP contribution is 1.92. The molecule has 1 amide bonds. The second-order valence-electron chi connectivity index (χ2n) is 3.04. The summed E-state index contributed by atoms with van der Waals surface area (Å²) in [6.45, 7) is 5.91. The second kappa shape index (κ2) is 5.75. The number of nitrogens with zero attached hydrogens (tertiary/aromatic N) is 1. The molecule has 0 radical (unpaired) electrons. The van der Waals surface area contributed by atoms with E-state index in [-0.39, 0.29) is 11.9 Å². The van der Waals surface area contributed by atoms with Gasteiger partial charge >= 0.3 is 0 Å². The topological polar surface area (TPSA) is 41.5 Å². The Morgan fingerprint density at radius 1 is 1.50 bits per heavy atom. The van der Waals surface area contributed by atoms with Crippen LogP contribution in [0.2, 0.25) is 0 Å². The first-order valence-electron chi connectivity index (χ1n) is 4.34. The summed E-state index contributed by atoms with van der Waals surface area (Å²) in [5, 5.41) is 2.82. The summed E-state index contributed by atoms with van der Waals surface area (Å²) in [7, 11) is 1.72. The minimum atomic E-state index is 0.0625. The molecule has 0 unspecified atom stereocenters. The molecule has 0 aliphatic heterocycles. The maximum atomic E-state index is 11.2. The molecule has 0 aliphatic rings. The van der Waals surface area contributed by atoms with E-state index < -0.39 is 0 Å². The van der Waals surface area contributed by atoms with Crippen molar-refractivity contribution in [3.63, 3.8) is 0 Å². The Hall–Kier alpha value is -0.860. The average Bonchev–Trinajstić information content (AvgIpc) is 1.98. The van der Waals surface area contributed by atoms with Gasteiger partial charge in [0.15, 0.2) is 0 Å². The molecular formula is C9H18N2O. The van der Waals surface area contributed by atoms with E-state index in [1.54, 1.807) is 7.05 Å². The van der Waals surface area contributed by atoms with Gasteiger partial charge in [0.25, 0.3) is 0 Å². The number of carbonyl (C=O) groups excluding carboxylic acids is 1. The summed E-state index contributed by atoms with van der Waals surface area (Å²) in [4.78, 5) is 15.2. The summed E-state index contributed by atoms with van der Waals surface area (Å²) in [6, 6.07) is 0.215. The maximum Gasteiger partial charge on any atom is 0.225 e. The van der Waals surface area contributed by atoms with Crippen molar-refractivity contribution in [1.82, 2.24) is 5.32 Å². The number of rotatable bonds is 4. The van der Waals surface area contributed by atoms with Crippen molar-refractivity contribution in [3.8, 4) is 0 Å². The number of hydrogen-bond acceptors (Lipinski definition) is 2. The summed E-state index contributed by atoms with van der Waals surface area (Å²) in [5.74, 6) is 0.0625. The van der Waals surface area contributed by atoms with Gasteiger partial charge in [-0.15, -0.1) is 0 Å². The van der Waals surface area contributed by atoms with E-state index in [9.17, 15) is 4.79 Å². The SMILES string of the molecule is CCC(CC(=O)NC(C)C)=NC. The first-order chi connectivity index (χ1) is 5.60. The van der Waals surface area contributed by atoms with Gasteiger partial charge in [-0.3, -0.25) is 9.79 Å². The zero-order valence-electron chi connectivity index (χ0n) is 8.35. The third-order valence-corrected chi connectivity index (χ3v) is 1.54. The number of carbonyl (C=O) groups is 1. The van der Waals surface area contributed by atoms with E-state index in [1.807, 2.05) is 20.8 Å². The van der Waals surface area contributed by atoms with Crippen molar-refractivity contribution in [2.45, 2.75) is 39.7 Å². The van der Waals surface area contributed by atoms with Crippen LogP contribution in [-0.2, 0) is 4.79 Å². The van der Waals surface area contributed by atoms with Crippen molar-refractivity contribution >= 4 is 11.6 Å². The van der Waals surface area contributed by atoms with Crippen molar-refractivity contribution in [2.24, 2.45) is 4.99 Å². The van der Waals surface area contributed by atoms with E-state index in [2.05, 4.69) is 10.3 Å². The van der Waals surface area contributed by atoms with Crippen LogP contribution < -0.4 is 5.32 Å². The van der Waals surface area contributed by atoms with Crippen LogP contribution in [0.15, 0.2) is 4.99 Å². The molecule has 0 atom stereocenters. The Bertz CT molecular complexity index is 173. The van der Waals surface area contributed by atoms with Crippen molar-refractivity contribution in [2.75, 3.05) is 7.05 Å². The number of aliphatic imine (C=N–C) groups is 1. The van der Waals surface area contributed by atoms with Gasteiger partial charge in [0.1, 0.15) is 0 Å². The number of hydrogen-bond donors (Lipinski definition) is 1. The molecule has 0 aromatic rings. The van der Waals surface area contributed by atoms with Crippen LogP contribution in [0, 0.1) is 0 Å². The lowest BCUT2D eigenvalue weighted by atomic mass is 10.2. The van der Waals surface area contributed by atoms with Crippen molar-refractivity contribution in [1.29, 1.82) is 0 Å². The molecule has 0 fully saturated rings. The Kier molecular flexibility index (Phi) is 5.34. The molecule has 0 aromatic heterocycles. The number of nitrogens with one attached hydrogen (secondary N) is 1.